The van der Waals surface area contributed by atoms with E-state index in [1.807, 2.05) is 43.3 Å². The number of ether oxygens (including phenoxy) is 1. The molecule has 0 aliphatic carbocycles. The fourth-order valence-electron chi connectivity index (χ4n) is 1.41. The molecule has 0 spiro atoms. The Bertz CT molecular complexity index is 485. The molecule has 0 saturated heterocycles. The first kappa shape index (κ1) is 11.7. The molecule has 1 aromatic carbocycles. The third-order valence-corrected chi connectivity index (χ3v) is 2.51. The van der Waals surface area contributed by atoms with Crippen LogP contribution in [0.5, 0.6) is 5.88 Å². The van der Waals surface area contributed by atoms with Gasteiger partial charge in [-0.05, 0) is 25.1 Å². The molecule has 0 amide bonds. The van der Waals surface area contributed by atoms with Gasteiger partial charge < -0.3 is 10.1 Å². The fraction of sp³-hybridized carbons (Fsp3) is 0.154. The number of anilines is 2. The van der Waals surface area contributed by atoms with E-state index in [9.17, 15) is 0 Å². The predicted molar refractivity (Wildman–Crippen MR) is 70.1 cm³/mol. The number of benzene rings is 1. The Kier molecular flexibility index (Phi) is 3.83. The van der Waals surface area contributed by atoms with Crippen molar-refractivity contribution in [2.45, 2.75) is 6.92 Å². The topological polar surface area (TPSA) is 34.1 Å². The molecule has 0 fully saturated rings. The number of hydrogen-bond donors (Lipinski definition) is 1. The molecule has 2 rings (SSSR count). The summed E-state index contributed by atoms with van der Waals surface area (Å²) in [5.41, 5.74) is 1.74. The normalized spacial score (nSPS) is 10.0. The van der Waals surface area contributed by atoms with Crippen molar-refractivity contribution in [3.05, 3.63) is 47.6 Å². The van der Waals surface area contributed by atoms with Gasteiger partial charge in [0.25, 0.3) is 0 Å². The molecule has 17 heavy (non-hydrogen) atoms. The summed E-state index contributed by atoms with van der Waals surface area (Å²) < 4.78 is 5.27. The van der Waals surface area contributed by atoms with Crippen LogP contribution in [0.2, 0.25) is 5.02 Å². The van der Waals surface area contributed by atoms with Crippen molar-refractivity contribution in [3.8, 4) is 5.88 Å². The van der Waals surface area contributed by atoms with Crippen LogP contribution < -0.4 is 10.1 Å². The SMILES string of the molecule is CCOc1ccc(Nc2ccccc2Cl)cn1. The second kappa shape index (κ2) is 5.55. The van der Waals surface area contributed by atoms with E-state index < -0.39 is 0 Å². The number of hydrogen-bond acceptors (Lipinski definition) is 3. The molecular weight excluding hydrogens is 236 g/mol. The summed E-state index contributed by atoms with van der Waals surface area (Å²) in [6.45, 7) is 2.54. The summed E-state index contributed by atoms with van der Waals surface area (Å²) >= 11 is 6.05. The van der Waals surface area contributed by atoms with Crippen LogP contribution in [-0.4, -0.2) is 11.6 Å². The number of para-hydroxylation sites is 1. The zero-order valence-electron chi connectivity index (χ0n) is 9.48. The smallest absolute Gasteiger partial charge is 0.213 e. The number of nitrogens with zero attached hydrogens (tertiary/aromatic N) is 1. The number of halogens is 1. The average molecular weight is 249 g/mol. The largest absolute Gasteiger partial charge is 0.478 e. The molecule has 1 aromatic heterocycles. The second-order valence-corrected chi connectivity index (χ2v) is 3.83. The summed E-state index contributed by atoms with van der Waals surface area (Å²) in [6, 6.07) is 11.3. The van der Waals surface area contributed by atoms with Crippen LogP contribution in [0.25, 0.3) is 0 Å². The molecule has 1 heterocycles. The highest BCUT2D eigenvalue weighted by Gasteiger charge is 2.00. The van der Waals surface area contributed by atoms with Gasteiger partial charge in [0, 0.05) is 6.07 Å². The Morgan fingerprint density at radius 3 is 2.71 bits per heavy atom. The van der Waals surface area contributed by atoms with Crippen molar-refractivity contribution in [1.29, 1.82) is 0 Å². The van der Waals surface area contributed by atoms with Crippen LogP contribution in [0.3, 0.4) is 0 Å². The van der Waals surface area contributed by atoms with Crippen LogP contribution in [0.4, 0.5) is 11.4 Å². The van der Waals surface area contributed by atoms with Gasteiger partial charge in [0.1, 0.15) is 0 Å². The van der Waals surface area contributed by atoms with Crippen LogP contribution in [-0.2, 0) is 0 Å². The molecule has 88 valence electrons. The summed E-state index contributed by atoms with van der Waals surface area (Å²) in [7, 11) is 0. The highest BCUT2D eigenvalue weighted by molar-refractivity contribution is 6.33. The maximum atomic E-state index is 6.05. The molecule has 2 aromatic rings. The van der Waals surface area contributed by atoms with E-state index in [0.29, 0.717) is 17.5 Å². The molecule has 0 bridgehead atoms. The number of aromatic nitrogens is 1. The van der Waals surface area contributed by atoms with Gasteiger partial charge >= 0.3 is 0 Å². The standard InChI is InChI=1S/C13H13ClN2O/c1-2-17-13-8-7-10(9-15-13)16-12-6-4-3-5-11(12)14/h3-9,16H,2H2,1H3. The zero-order chi connectivity index (χ0) is 12.1. The first-order chi connectivity index (χ1) is 8.29. The molecule has 3 nitrogen and oxygen atoms in total. The van der Waals surface area contributed by atoms with E-state index >= 15 is 0 Å². The van der Waals surface area contributed by atoms with Crippen molar-refractivity contribution in [3.63, 3.8) is 0 Å². The van der Waals surface area contributed by atoms with Crippen LogP contribution in [0.1, 0.15) is 6.92 Å². The van der Waals surface area contributed by atoms with Crippen molar-refractivity contribution in [2.75, 3.05) is 11.9 Å². The minimum Gasteiger partial charge on any atom is -0.478 e. The first-order valence-electron chi connectivity index (χ1n) is 5.40. The lowest BCUT2D eigenvalue weighted by molar-refractivity contribution is 0.327. The molecule has 0 unspecified atom stereocenters. The summed E-state index contributed by atoms with van der Waals surface area (Å²) in [4.78, 5) is 4.17. The van der Waals surface area contributed by atoms with E-state index in [0.717, 1.165) is 11.4 Å². The van der Waals surface area contributed by atoms with E-state index in [1.165, 1.54) is 0 Å². The highest BCUT2D eigenvalue weighted by Crippen LogP contribution is 2.24. The molecule has 1 N–H and O–H groups in total. The minimum atomic E-state index is 0.615. The maximum Gasteiger partial charge on any atom is 0.213 e. The third-order valence-electron chi connectivity index (χ3n) is 2.18. The molecule has 4 heteroatoms. The van der Waals surface area contributed by atoms with Crippen LogP contribution in [0.15, 0.2) is 42.6 Å². The molecule has 0 saturated carbocycles. The molecule has 0 radical (unpaired) electrons. The highest BCUT2D eigenvalue weighted by atomic mass is 35.5. The van der Waals surface area contributed by atoms with Gasteiger partial charge in [-0.25, -0.2) is 4.98 Å². The Morgan fingerprint density at radius 1 is 1.24 bits per heavy atom. The van der Waals surface area contributed by atoms with E-state index in [1.54, 1.807) is 6.20 Å². The van der Waals surface area contributed by atoms with E-state index in [4.69, 9.17) is 16.3 Å². The van der Waals surface area contributed by atoms with Gasteiger partial charge in [0.15, 0.2) is 0 Å². The lowest BCUT2D eigenvalue weighted by Crippen LogP contribution is -1.96. The Balaban J connectivity index is 2.11. The molecule has 0 aliphatic rings. The Hall–Kier alpha value is -1.74. The van der Waals surface area contributed by atoms with Crippen LogP contribution >= 0.6 is 11.6 Å². The number of pyridine rings is 1. The Morgan fingerprint density at radius 2 is 2.06 bits per heavy atom. The third kappa shape index (κ3) is 3.11. The summed E-state index contributed by atoms with van der Waals surface area (Å²) in [6.07, 6.45) is 1.72. The Labute approximate surface area is 105 Å². The monoisotopic (exact) mass is 248 g/mol. The summed E-state index contributed by atoms with van der Waals surface area (Å²) in [5, 5.41) is 3.87. The van der Waals surface area contributed by atoms with Gasteiger partial charge in [0.05, 0.1) is 29.2 Å². The molecule has 0 atom stereocenters. The molecule has 0 aliphatic heterocycles. The summed E-state index contributed by atoms with van der Waals surface area (Å²) in [5.74, 6) is 0.622. The fourth-order valence-corrected chi connectivity index (χ4v) is 1.59. The van der Waals surface area contributed by atoms with Crippen LogP contribution in [0, 0.1) is 0 Å². The number of rotatable bonds is 4. The number of nitrogens with one attached hydrogen (secondary N) is 1. The van der Waals surface area contributed by atoms with Gasteiger partial charge in [-0.15, -0.1) is 0 Å². The average Bonchev–Trinajstić information content (AvgIpc) is 2.35. The second-order valence-electron chi connectivity index (χ2n) is 3.42. The van der Waals surface area contributed by atoms with Gasteiger partial charge in [-0.3, -0.25) is 0 Å². The first-order valence-corrected chi connectivity index (χ1v) is 5.78. The lowest BCUT2D eigenvalue weighted by Gasteiger charge is -2.08. The van der Waals surface area contributed by atoms with Crippen molar-refractivity contribution < 1.29 is 4.74 Å². The van der Waals surface area contributed by atoms with Crippen molar-refractivity contribution in [1.82, 2.24) is 4.98 Å². The van der Waals surface area contributed by atoms with Gasteiger partial charge in [-0.1, -0.05) is 23.7 Å². The van der Waals surface area contributed by atoms with Gasteiger partial charge in [-0.2, -0.15) is 0 Å². The van der Waals surface area contributed by atoms with Crippen molar-refractivity contribution in [2.24, 2.45) is 0 Å². The molecular formula is C13H13ClN2O. The van der Waals surface area contributed by atoms with E-state index in [2.05, 4.69) is 10.3 Å². The van der Waals surface area contributed by atoms with E-state index in [-0.39, 0.29) is 0 Å². The zero-order valence-corrected chi connectivity index (χ0v) is 10.2. The van der Waals surface area contributed by atoms with Crippen molar-refractivity contribution >= 4 is 23.0 Å². The minimum absolute atomic E-state index is 0.615. The van der Waals surface area contributed by atoms with Gasteiger partial charge in [0.2, 0.25) is 5.88 Å². The quantitative estimate of drug-likeness (QED) is 0.892. The predicted octanol–water partition coefficient (Wildman–Crippen LogP) is 3.88. The lowest BCUT2D eigenvalue weighted by atomic mass is 10.3. The maximum absolute atomic E-state index is 6.05.